The number of nitrogens with one attached hydrogen (secondary N) is 1. The molecule has 39 heavy (non-hydrogen) atoms. The van der Waals surface area contributed by atoms with E-state index < -0.39 is 18.0 Å². The number of carbonyl (C=O) groups is 4. The molecule has 0 heterocycles. The van der Waals surface area contributed by atoms with Crippen LogP contribution in [0.5, 0.6) is 0 Å². The molecule has 6 nitrogen and oxygen atoms in total. The first-order chi connectivity index (χ1) is 18.8. The van der Waals surface area contributed by atoms with Gasteiger partial charge in [-0.2, -0.15) is 0 Å². The third kappa shape index (κ3) is 23.8. The smallest absolute Gasteiger partial charge is 0.313 e. The Morgan fingerprint density at radius 3 is 1.69 bits per heavy atom. The second-order valence-corrected chi connectivity index (χ2v) is 9.91. The Labute approximate surface area is 236 Å². The van der Waals surface area contributed by atoms with E-state index in [9.17, 15) is 19.2 Å². The number of esters is 2. The Hall–Kier alpha value is -3.02. The van der Waals surface area contributed by atoms with Crippen molar-refractivity contribution in [3.8, 4) is 0 Å². The summed E-state index contributed by atoms with van der Waals surface area (Å²) >= 11 is 0. The maximum absolute atomic E-state index is 12.2. The zero-order chi connectivity index (χ0) is 29.1. The minimum absolute atomic E-state index is 0.00446. The predicted molar refractivity (Wildman–Crippen MR) is 160 cm³/mol. The fraction of sp³-hybridized carbons (Fsp3) is 0.576. The highest BCUT2D eigenvalue weighted by Gasteiger charge is 2.21. The first-order valence-corrected chi connectivity index (χ1v) is 14.6. The molecule has 0 saturated heterocycles. The highest BCUT2D eigenvalue weighted by atomic mass is 16.6. The summed E-state index contributed by atoms with van der Waals surface area (Å²) in [5.74, 6) is -1.42. The molecule has 0 saturated carbocycles. The summed E-state index contributed by atoms with van der Waals surface area (Å²) in [6, 6.07) is -0.536. The van der Waals surface area contributed by atoms with E-state index in [0.717, 1.165) is 44.9 Å². The SMILES string of the molecule is CC/C=C\C/C=C\C/C=C\C/C=C\C/C=C\CCCC(=O)OC(=O)CCC(=O)NC(CC(C)C)C(=O)CCC. The molecule has 6 heteroatoms. The molecule has 0 fully saturated rings. The fourth-order valence-electron chi connectivity index (χ4n) is 3.61. The molecule has 1 N–H and O–H groups in total. The number of hydrogen-bond acceptors (Lipinski definition) is 5. The van der Waals surface area contributed by atoms with Crippen molar-refractivity contribution < 1.29 is 23.9 Å². The van der Waals surface area contributed by atoms with Crippen molar-refractivity contribution in [2.24, 2.45) is 5.92 Å². The number of rotatable bonds is 22. The summed E-state index contributed by atoms with van der Waals surface area (Å²) < 4.78 is 4.81. The van der Waals surface area contributed by atoms with Gasteiger partial charge in [0.25, 0.3) is 0 Å². The topological polar surface area (TPSA) is 89.5 Å². The molecule has 0 rings (SSSR count). The number of carbonyl (C=O) groups excluding carboxylic acids is 4. The molecule has 0 aliphatic carbocycles. The van der Waals surface area contributed by atoms with Gasteiger partial charge >= 0.3 is 11.9 Å². The number of Topliss-reactive ketones (excluding diaryl/α,β-unsaturated/α-hetero) is 1. The molecule has 0 aromatic rings. The Morgan fingerprint density at radius 1 is 0.667 bits per heavy atom. The van der Waals surface area contributed by atoms with E-state index in [0.29, 0.717) is 19.3 Å². The summed E-state index contributed by atoms with van der Waals surface area (Å²) in [5, 5.41) is 2.73. The standard InChI is InChI=1S/C33H51NO5/c1-5-7-8-9-10-11-12-13-14-15-16-17-18-19-20-21-22-24-32(37)39-33(38)26-25-31(36)34-29(27-28(3)4)30(35)23-6-2/h7-8,10-11,13-14,16-17,19-20,28-29H,5-6,9,12,15,18,21-27H2,1-4H3,(H,34,36)/b8-7-,11-10-,14-13-,17-16-,20-19-. The highest BCUT2D eigenvalue weighted by Crippen LogP contribution is 2.09. The zero-order valence-electron chi connectivity index (χ0n) is 24.7. The average Bonchev–Trinajstić information content (AvgIpc) is 2.88. The fourth-order valence-corrected chi connectivity index (χ4v) is 3.61. The van der Waals surface area contributed by atoms with Gasteiger partial charge in [0.05, 0.1) is 12.5 Å². The molecule has 218 valence electrons. The number of ketones is 1. The molecule has 1 atom stereocenters. The summed E-state index contributed by atoms with van der Waals surface area (Å²) in [5.41, 5.74) is 0. The lowest BCUT2D eigenvalue weighted by Crippen LogP contribution is -2.41. The van der Waals surface area contributed by atoms with Gasteiger partial charge in [0.2, 0.25) is 5.91 Å². The number of amides is 1. The van der Waals surface area contributed by atoms with Gasteiger partial charge in [-0.15, -0.1) is 0 Å². The van der Waals surface area contributed by atoms with Crippen LogP contribution >= 0.6 is 0 Å². The Kier molecular flexibility index (Phi) is 23.3. The van der Waals surface area contributed by atoms with Crippen LogP contribution in [-0.4, -0.2) is 29.7 Å². The molecule has 1 amide bonds. The van der Waals surface area contributed by atoms with Crippen molar-refractivity contribution in [2.45, 2.75) is 117 Å². The first kappa shape index (κ1) is 36.0. The van der Waals surface area contributed by atoms with Crippen LogP contribution in [0.25, 0.3) is 0 Å². The number of unbranched alkanes of at least 4 members (excludes halogenated alkanes) is 1. The minimum atomic E-state index is -0.717. The van der Waals surface area contributed by atoms with E-state index >= 15 is 0 Å². The van der Waals surface area contributed by atoms with E-state index in [4.69, 9.17) is 4.74 Å². The molecule has 0 radical (unpaired) electrons. The van der Waals surface area contributed by atoms with E-state index in [1.54, 1.807) is 0 Å². The van der Waals surface area contributed by atoms with Crippen molar-refractivity contribution in [1.29, 1.82) is 0 Å². The monoisotopic (exact) mass is 541 g/mol. The molecule has 1 unspecified atom stereocenters. The van der Waals surface area contributed by atoms with E-state index in [-0.39, 0.29) is 36.9 Å². The number of hydrogen-bond donors (Lipinski definition) is 1. The molecule has 0 aromatic heterocycles. The van der Waals surface area contributed by atoms with Crippen molar-refractivity contribution in [1.82, 2.24) is 5.32 Å². The quantitative estimate of drug-likeness (QED) is 0.0658. The van der Waals surface area contributed by atoms with Crippen LogP contribution in [0.4, 0.5) is 0 Å². The largest absolute Gasteiger partial charge is 0.393 e. The van der Waals surface area contributed by atoms with Gasteiger partial charge in [0.15, 0.2) is 5.78 Å². The Balaban J connectivity index is 3.98. The van der Waals surface area contributed by atoms with Crippen molar-refractivity contribution >= 4 is 23.6 Å². The molecule has 0 bridgehead atoms. The van der Waals surface area contributed by atoms with Gasteiger partial charge in [-0.05, 0) is 63.7 Å². The third-order valence-electron chi connectivity index (χ3n) is 5.62. The Bertz CT molecular complexity index is 848. The van der Waals surface area contributed by atoms with Crippen LogP contribution in [0.2, 0.25) is 0 Å². The lowest BCUT2D eigenvalue weighted by molar-refractivity contribution is -0.160. The van der Waals surface area contributed by atoms with Gasteiger partial charge in [-0.3, -0.25) is 19.2 Å². The molecule has 0 aliphatic rings. The van der Waals surface area contributed by atoms with Crippen LogP contribution in [0.15, 0.2) is 60.8 Å². The van der Waals surface area contributed by atoms with Gasteiger partial charge in [0, 0.05) is 19.3 Å². The van der Waals surface area contributed by atoms with Crippen LogP contribution in [0, 0.1) is 5.92 Å². The summed E-state index contributed by atoms with van der Waals surface area (Å²) in [7, 11) is 0. The van der Waals surface area contributed by atoms with Crippen LogP contribution < -0.4 is 5.32 Å². The molecular weight excluding hydrogens is 490 g/mol. The first-order valence-electron chi connectivity index (χ1n) is 14.6. The van der Waals surface area contributed by atoms with E-state index in [1.807, 2.05) is 26.8 Å². The summed E-state index contributed by atoms with van der Waals surface area (Å²) in [6.45, 7) is 8.03. The Morgan fingerprint density at radius 2 is 1.18 bits per heavy atom. The summed E-state index contributed by atoms with van der Waals surface area (Å²) in [6.07, 6.45) is 29.0. The van der Waals surface area contributed by atoms with Gasteiger partial charge in [-0.25, -0.2) is 0 Å². The number of allylic oxidation sites excluding steroid dienone is 10. The third-order valence-corrected chi connectivity index (χ3v) is 5.62. The summed E-state index contributed by atoms with van der Waals surface area (Å²) in [4.78, 5) is 48.2. The highest BCUT2D eigenvalue weighted by molar-refractivity contribution is 5.91. The predicted octanol–water partition coefficient (Wildman–Crippen LogP) is 7.66. The van der Waals surface area contributed by atoms with E-state index in [1.165, 1.54) is 0 Å². The van der Waals surface area contributed by atoms with Crippen LogP contribution in [-0.2, 0) is 23.9 Å². The molecule has 0 spiro atoms. The normalized spacial score (nSPS) is 12.9. The second-order valence-electron chi connectivity index (χ2n) is 9.91. The van der Waals surface area contributed by atoms with Gasteiger partial charge in [0.1, 0.15) is 0 Å². The lowest BCUT2D eigenvalue weighted by Gasteiger charge is -2.19. The average molecular weight is 542 g/mol. The molecule has 0 aromatic carbocycles. The van der Waals surface area contributed by atoms with E-state index in [2.05, 4.69) is 66.9 Å². The van der Waals surface area contributed by atoms with Crippen LogP contribution in [0.3, 0.4) is 0 Å². The molecule has 0 aliphatic heterocycles. The van der Waals surface area contributed by atoms with Gasteiger partial charge in [-0.1, -0.05) is 88.5 Å². The molecular formula is C33H51NO5. The zero-order valence-corrected chi connectivity index (χ0v) is 24.7. The lowest BCUT2D eigenvalue weighted by atomic mass is 9.97. The van der Waals surface area contributed by atoms with Crippen molar-refractivity contribution in [2.75, 3.05) is 0 Å². The van der Waals surface area contributed by atoms with Crippen molar-refractivity contribution in [3.63, 3.8) is 0 Å². The van der Waals surface area contributed by atoms with Gasteiger partial charge < -0.3 is 10.1 Å². The minimum Gasteiger partial charge on any atom is -0.393 e. The van der Waals surface area contributed by atoms with Crippen molar-refractivity contribution in [3.05, 3.63) is 60.8 Å². The second kappa shape index (κ2) is 25.3. The van der Waals surface area contributed by atoms with Crippen LogP contribution in [0.1, 0.15) is 111 Å². The maximum atomic E-state index is 12.2. The maximum Gasteiger partial charge on any atom is 0.313 e. The number of ether oxygens (including phenoxy) is 1.